The van der Waals surface area contributed by atoms with Crippen LogP contribution >= 0.6 is 24.8 Å². The standard InChI is InChI=1S/C15H29N3O.2ClH/c1-13-6-11-18(12-7-13)10-4-9-17-15(19)14-5-2-3-8-16-14;;/h13-14,16H,2-12H2,1H3,(H,17,19);2*1H. The molecule has 0 aromatic carbocycles. The van der Waals surface area contributed by atoms with Crippen LogP contribution in [0.4, 0.5) is 0 Å². The van der Waals surface area contributed by atoms with E-state index in [1.54, 1.807) is 0 Å². The van der Waals surface area contributed by atoms with Crippen molar-refractivity contribution in [3.05, 3.63) is 0 Å². The molecule has 6 heteroatoms. The van der Waals surface area contributed by atoms with E-state index in [4.69, 9.17) is 0 Å². The number of rotatable bonds is 5. The lowest BCUT2D eigenvalue weighted by atomic mass is 9.99. The number of halogens is 2. The molecule has 2 N–H and O–H groups in total. The van der Waals surface area contributed by atoms with Gasteiger partial charge in [0.1, 0.15) is 0 Å². The van der Waals surface area contributed by atoms with Gasteiger partial charge in [-0.05, 0) is 64.2 Å². The molecule has 21 heavy (non-hydrogen) atoms. The summed E-state index contributed by atoms with van der Waals surface area (Å²) in [6.45, 7) is 7.76. The van der Waals surface area contributed by atoms with E-state index in [1.165, 1.54) is 38.8 Å². The summed E-state index contributed by atoms with van der Waals surface area (Å²) in [5.41, 5.74) is 0. The second-order valence-corrected chi connectivity index (χ2v) is 6.17. The summed E-state index contributed by atoms with van der Waals surface area (Å²) in [4.78, 5) is 14.4. The lowest BCUT2D eigenvalue weighted by Gasteiger charge is -2.30. The molecule has 0 radical (unpaired) electrons. The molecule has 2 fully saturated rings. The van der Waals surface area contributed by atoms with Gasteiger partial charge < -0.3 is 15.5 Å². The molecule has 0 aliphatic carbocycles. The zero-order chi connectivity index (χ0) is 13.5. The van der Waals surface area contributed by atoms with Gasteiger partial charge in [-0.1, -0.05) is 13.3 Å². The minimum atomic E-state index is 0. The molecule has 0 aromatic heterocycles. The molecule has 1 unspecified atom stereocenters. The van der Waals surface area contributed by atoms with Gasteiger partial charge in [0, 0.05) is 6.54 Å². The van der Waals surface area contributed by atoms with Crippen LogP contribution in [0, 0.1) is 5.92 Å². The van der Waals surface area contributed by atoms with Crippen LogP contribution in [-0.4, -0.2) is 49.6 Å². The van der Waals surface area contributed by atoms with Crippen LogP contribution in [0.3, 0.4) is 0 Å². The van der Waals surface area contributed by atoms with Crippen molar-refractivity contribution in [2.75, 3.05) is 32.7 Å². The molecule has 1 atom stereocenters. The molecule has 0 spiro atoms. The molecule has 0 saturated carbocycles. The average molecular weight is 340 g/mol. The van der Waals surface area contributed by atoms with Gasteiger partial charge in [-0.25, -0.2) is 0 Å². The Balaban J connectivity index is 0.00000200. The maximum Gasteiger partial charge on any atom is 0.237 e. The Labute approximate surface area is 141 Å². The molecule has 2 aliphatic rings. The van der Waals surface area contributed by atoms with Gasteiger partial charge in [0.05, 0.1) is 6.04 Å². The third kappa shape index (κ3) is 7.68. The van der Waals surface area contributed by atoms with Crippen molar-refractivity contribution in [1.82, 2.24) is 15.5 Å². The van der Waals surface area contributed by atoms with Gasteiger partial charge in [0.25, 0.3) is 0 Å². The Morgan fingerprint density at radius 1 is 1.19 bits per heavy atom. The minimum Gasteiger partial charge on any atom is -0.355 e. The number of likely N-dealkylation sites (tertiary alicyclic amines) is 1. The summed E-state index contributed by atoms with van der Waals surface area (Å²) in [5, 5.41) is 6.36. The summed E-state index contributed by atoms with van der Waals surface area (Å²) >= 11 is 0. The van der Waals surface area contributed by atoms with Crippen LogP contribution in [-0.2, 0) is 4.79 Å². The average Bonchev–Trinajstić information content (AvgIpc) is 2.46. The van der Waals surface area contributed by atoms with Gasteiger partial charge in [0.2, 0.25) is 5.91 Å². The summed E-state index contributed by atoms with van der Waals surface area (Å²) in [7, 11) is 0. The number of nitrogens with zero attached hydrogens (tertiary/aromatic N) is 1. The van der Waals surface area contributed by atoms with E-state index in [9.17, 15) is 4.79 Å². The molecule has 0 aromatic rings. The predicted molar refractivity (Wildman–Crippen MR) is 92.6 cm³/mol. The van der Waals surface area contributed by atoms with E-state index in [2.05, 4.69) is 22.5 Å². The minimum absolute atomic E-state index is 0. The van der Waals surface area contributed by atoms with Gasteiger partial charge in [-0.15, -0.1) is 24.8 Å². The number of amides is 1. The number of nitrogens with one attached hydrogen (secondary N) is 2. The third-order valence-corrected chi connectivity index (χ3v) is 4.45. The zero-order valence-electron chi connectivity index (χ0n) is 13.1. The fourth-order valence-corrected chi connectivity index (χ4v) is 3.00. The van der Waals surface area contributed by atoms with Crippen molar-refractivity contribution in [3.8, 4) is 0 Å². The van der Waals surface area contributed by atoms with E-state index >= 15 is 0 Å². The van der Waals surface area contributed by atoms with Crippen molar-refractivity contribution in [3.63, 3.8) is 0 Å². The SMILES string of the molecule is CC1CCN(CCCNC(=O)C2CCCCN2)CC1.Cl.Cl. The van der Waals surface area contributed by atoms with Gasteiger partial charge in [-0.2, -0.15) is 0 Å². The van der Waals surface area contributed by atoms with Crippen LogP contribution in [0.2, 0.25) is 0 Å². The van der Waals surface area contributed by atoms with Gasteiger partial charge >= 0.3 is 0 Å². The van der Waals surface area contributed by atoms with Crippen LogP contribution in [0.5, 0.6) is 0 Å². The number of hydrogen-bond donors (Lipinski definition) is 2. The topological polar surface area (TPSA) is 44.4 Å². The largest absolute Gasteiger partial charge is 0.355 e. The van der Waals surface area contributed by atoms with Crippen molar-refractivity contribution in [2.24, 2.45) is 5.92 Å². The molecule has 126 valence electrons. The molecule has 2 heterocycles. The van der Waals surface area contributed by atoms with Gasteiger partial charge in [-0.3, -0.25) is 4.79 Å². The first-order valence-corrected chi connectivity index (χ1v) is 7.99. The lowest BCUT2D eigenvalue weighted by Crippen LogP contribution is -2.47. The molecule has 2 rings (SSSR count). The summed E-state index contributed by atoms with van der Waals surface area (Å²) in [6, 6.07) is 0.0598. The fourth-order valence-electron chi connectivity index (χ4n) is 3.00. The molecule has 2 aliphatic heterocycles. The maximum atomic E-state index is 11.9. The second-order valence-electron chi connectivity index (χ2n) is 6.17. The first-order valence-electron chi connectivity index (χ1n) is 7.99. The van der Waals surface area contributed by atoms with Crippen LogP contribution in [0.25, 0.3) is 0 Å². The molecule has 2 saturated heterocycles. The Hall–Kier alpha value is -0.0300. The Morgan fingerprint density at radius 2 is 1.90 bits per heavy atom. The van der Waals surface area contributed by atoms with Crippen LogP contribution < -0.4 is 10.6 Å². The molecule has 4 nitrogen and oxygen atoms in total. The van der Waals surface area contributed by atoms with Crippen molar-refractivity contribution >= 4 is 30.7 Å². The van der Waals surface area contributed by atoms with E-state index in [1.807, 2.05) is 0 Å². The number of hydrogen-bond acceptors (Lipinski definition) is 3. The smallest absolute Gasteiger partial charge is 0.237 e. The molecule has 0 bridgehead atoms. The quantitative estimate of drug-likeness (QED) is 0.755. The fraction of sp³-hybridized carbons (Fsp3) is 0.933. The number of carbonyl (C=O) groups excluding carboxylic acids is 1. The summed E-state index contributed by atoms with van der Waals surface area (Å²) in [5.74, 6) is 1.10. The Morgan fingerprint density at radius 3 is 2.52 bits per heavy atom. The normalized spacial score (nSPS) is 23.8. The predicted octanol–water partition coefficient (Wildman–Crippen LogP) is 2.21. The second kappa shape index (κ2) is 11.5. The number of piperidine rings is 2. The van der Waals surface area contributed by atoms with E-state index in [0.717, 1.165) is 38.4 Å². The molecule has 1 amide bonds. The first-order chi connectivity index (χ1) is 9.25. The van der Waals surface area contributed by atoms with E-state index in [-0.39, 0.29) is 36.8 Å². The molecular formula is C15H31Cl2N3O. The van der Waals surface area contributed by atoms with Crippen LogP contribution in [0.15, 0.2) is 0 Å². The highest BCUT2D eigenvalue weighted by Gasteiger charge is 2.20. The van der Waals surface area contributed by atoms with Crippen molar-refractivity contribution < 1.29 is 4.79 Å². The van der Waals surface area contributed by atoms with Crippen molar-refractivity contribution in [2.45, 2.75) is 51.5 Å². The highest BCUT2D eigenvalue weighted by atomic mass is 35.5. The van der Waals surface area contributed by atoms with Crippen molar-refractivity contribution in [1.29, 1.82) is 0 Å². The number of carbonyl (C=O) groups is 1. The van der Waals surface area contributed by atoms with E-state index in [0.29, 0.717) is 0 Å². The first kappa shape index (κ1) is 21.0. The van der Waals surface area contributed by atoms with E-state index < -0.39 is 0 Å². The maximum absolute atomic E-state index is 11.9. The summed E-state index contributed by atoms with van der Waals surface area (Å²) < 4.78 is 0. The summed E-state index contributed by atoms with van der Waals surface area (Å²) in [6.07, 6.45) is 7.12. The highest BCUT2D eigenvalue weighted by molar-refractivity contribution is 5.85. The van der Waals surface area contributed by atoms with Gasteiger partial charge in [0.15, 0.2) is 0 Å². The Bertz CT molecular complexity index is 278. The zero-order valence-corrected chi connectivity index (χ0v) is 14.7. The highest BCUT2D eigenvalue weighted by Crippen LogP contribution is 2.15. The van der Waals surface area contributed by atoms with Crippen LogP contribution in [0.1, 0.15) is 45.4 Å². The monoisotopic (exact) mass is 339 g/mol. The third-order valence-electron chi connectivity index (χ3n) is 4.45. The lowest BCUT2D eigenvalue weighted by molar-refractivity contribution is -0.123. The Kier molecular flexibility index (Phi) is 11.5. The molecular weight excluding hydrogens is 309 g/mol.